The second-order valence-corrected chi connectivity index (χ2v) is 5.90. The Morgan fingerprint density at radius 1 is 1.17 bits per heavy atom. The molecular weight excluding hydrogens is 336 g/mol. The van der Waals surface area contributed by atoms with E-state index in [1.54, 1.807) is 42.3 Å². The van der Waals surface area contributed by atoms with E-state index < -0.39 is 6.10 Å². The molecule has 0 radical (unpaired) electrons. The fourth-order valence-electron chi connectivity index (χ4n) is 1.95. The zero-order valence-corrected chi connectivity index (χ0v) is 14.0. The maximum absolute atomic E-state index is 10.2. The fourth-order valence-corrected chi connectivity index (χ4v) is 2.27. The largest absolute Gasteiger partial charge is 0.504 e. The summed E-state index contributed by atoms with van der Waals surface area (Å²) in [4.78, 5) is 1.68. The lowest BCUT2D eigenvalue weighted by atomic mass is 10.1. The number of aromatic hydroxyl groups is 2. The van der Waals surface area contributed by atoms with Gasteiger partial charge in [-0.25, -0.2) is 0 Å². The summed E-state index contributed by atoms with van der Waals surface area (Å²) in [5.74, 6) is -0.500. The monoisotopic (exact) mass is 352 g/mol. The van der Waals surface area contributed by atoms with Gasteiger partial charge in [-0.2, -0.15) is 0 Å². The molecule has 0 spiro atoms. The summed E-state index contributed by atoms with van der Waals surface area (Å²) < 4.78 is 0. The highest BCUT2D eigenvalue weighted by Gasteiger charge is 2.14. The third-order valence-electron chi connectivity index (χ3n) is 3.27. The Balaban J connectivity index is 1.96. The van der Waals surface area contributed by atoms with E-state index in [0.717, 1.165) is 5.69 Å². The molecule has 0 aromatic heterocycles. The highest BCUT2D eigenvalue weighted by Crippen LogP contribution is 2.28. The summed E-state index contributed by atoms with van der Waals surface area (Å²) in [6.07, 6.45) is -0.864. The van der Waals surface area contributed by atoms with E-state index in [1.807, 2.05) is 0 Å². The standard InChI is InChI=1S/C16H17ClN2O3S/c1-19(16(23)18-12-5-3-11(17)4-6-12)9-15(22)10-2-7-13(20)14(21)8-10/h2-8,15,20-22H,9H2,1H3,(H,18,23). The first-order valence-corrected chi connectivity index (χ1v) is 7.63. The second-order valence-electron chi connectivity index (χ2n) is 5.08. The van der Waals surface area contributed by atoms with E-state index in [4.69, 9.17) is 23.8 Å². The van der Waals surface area contributed by atoms with E-state index in [1.165, 1.54) is 12.1 Å². The summed E-state index contributed by atoms with van der Waals surface area (Å²) in [6, 6.07) is 11.3. The van der Waals surface area contributed by atoms with E-state index in [0.29, 0.717) is 15.7 Å². The van der Waals surface area contributed by atoms with E-state index in [2.05, 4.69) is 5.32 Å². The molecule has 0 bridgehead atoms. The van der Waals surface area contributed by atoms with Crippen molar-refractivity contribution in [3.63, 3.8) is 0 Å². The van der Waals surface area contributed by atoms with Crippen molar-refractivity contribution in [2.24, 2.45) is 0 Å². The average molecular weight is 353 g/mol. The van der Waals surface area contributed by atoms with Crippen molar-refractivity contribution in [1.82, 2.24) is 4.90 Å². The molecule has 122 valence electrons. The number of benzene rings is 2. The number of nitrogens with one attached hydrogen (secondary N) is 1. The van der Waals surface area contributed by atoms with Crippen LogP contribution in [0.5, 0.6) is 11.5 Å². The number of hydrogen-bond donors (Lipinski definition) is 4. The number of aliphatic hydroxyl groups is 1. The van der Waals surface area contributed by atoms with Crippen LogP contribution < -0.4 is 5.32 Å². The minimum absolute atomic E-state index is 0.226. The van der Waals surface area contributed by atoms with Crippen molar-refractivity contribution in [2.75, 3.05) is 18.9 Å². The van der Waals surface area contributed by atoms with Gasteiger partial charge in [-0.05, 0) is 54.2 Å². The Labute approximate surface area is 144 Å². The minimum atomic E-state index is -0.864. The number of thiocarbonyl (C=S) groups is 1. The Morgan fingerprint density at radius 3 is 2.43 bits per heavy atom. The number of nitrogens with zero attached hydrogens (tertiary/aromatic N) is 1. The van der Waals surface area contributed by atoms with Gasteiger partial charge >= 0.3 is 0 Å². The molecule has 0 amide bonds. The Morgan fingerprint density at radius 2 is 1.83 bits per heavy atom. The number of phenolic OH excluding ortho intramolecular Hbond substituents is 2. The Bertz CT molecular complexity index is 694. The minimum Gasteiger partial charge on any atom is -0.504 e. The van der Waals surface area contributed by atoms with Crippen LogP contribution in [0.3, 0.4) is 0 Å². The lowest BCUT2D eigenvalue weighted by Crippen LogP contribution is -2.34. The molecule has 5 nitrogen and oxygen atoms in total. The highest BCUT2D eigenvalue weighted by molar-refractivity contribution is 7.80. The quantitative estimate of drug-likeness (QED) is 0.500. The third-order valence-corrected chi connectivity index (χ3v) is 3.94. The third kappa shape index (κ3) is 4.72. The first-order chi connectivity index (χ1) is 10.9. The van der Waals surface area contributed by atoms with Gasteiger partial charge < -0.3 is 25.5 Å². The SMILES string of the molecule is CN(CC(O)c1ccc(O)c(O)c1)C(=S)Nc1ccc(Cl)cc1. The van der Waals surface area contributed by atoms with Gasteiger partial charge in [0.15, 0.2) is 16.6 Å². The molecule has 23 heavy (non-hydrogen) atoms. The van der Waals surface area contributed by atoms with Gasteiger partial charge in [0, 0.05) is 24.3 Å². The van der Waals surface area contributed by atoms with Crippen molar-refractivity contribution in [3.8, 4) is 11.5 Å². The van der Waals surface area contributed by atoms with Gasteiger partial charge in [-0.1, -0.05) is 17.7 Å². The normalized spacial score (nSPS) is 11.8. The van der Waals surface area contributed by atoms with Gasteiger partial charge in [-0.3, -0.25) is 0 Å². The van der Waals surface area contributed by atoms with Crippen molar-refractivity contribution in [2.45, 2.75) is 6.10 Å². The lowest BCUT2D eigenvalue weighted by molar-refractivity contribution is 0.152. The molecule has 0 aliphatic heterocycles. The van der Waals surface area contributed by atoms with E-state index >= 15 is 0 Å². The molecule has 0 fully saturated rings. The molecule has 0 saturated carbocycles. The number of rotatable bonds is 4. The number of anilines is 1. The predicted molar refractivity (Wildman–Crippen MR) is 95.0 cm³/mol. The van der Waals surface area contributed by atoms with Crippen molar-refractivity contribution in [1.29, 1.82) is 0 Å². The number of halogens is 1. The van der Waals surface area contributed by atoms with Crippen LogP contribution in [-0.2, 0) is 0 Å². The Kier molecular flexibility index (Phi) is 5.65. The molecule has 1 unspecified atom stereocenters. The Hall–Kier alpha value is -2.02. The lowest BCUT2D eigenvalue weighted by Gasteiger charge is -2.24. The molecule has 1 atom stereocenters. The highest BCUT2D eigenvalue weighted by atomic mass is 35.5. The molecule has 2 aromatic rings. The number of phenols is 2. The zero-order valence-electron chi connectivity index (χ0n) is 12.4. The summed E-state index contributed by atoms with van der Waals surface area (Å²) in [5, 5.41) is 33.1. The molecule has 0 aliphatic carbocycles. The molecule has 4 N–H and O–H groups in total. The molecule has 7 heteroatoms. The number of hydrogen-bond acceptors (Lipinski definition) is 4. The second kappa shape index (κ2) is 7.50. The van der Waals surface area contributed by atoms with Crippen LogP contribution in [0.25, 0.3) is 0 Å². The number of aliphatic hydroxyl groups excluding tert-OH is 1. The first kappa shape index (κ1) is 17.3. The molecule has 0 saturated heterocycles. The fraction of sp³-hybridized carbons (Fsp3) is 0.188. The van der Waals surface area contributed by atoms with E-state index in [-0.39, 0.29) is 18.0 Å². The summed E-state index contributed by atoms with van der Waals surface area (Å²) in [6.45, 7) is 0.226. The van der Waals surface area contributed by atoms with Crippen LogP contribution in [0, 0.1) is 0 Å². The smallest absolute Gasteiger partial charge is 0.173 e. The molecule has 2 aromatic carbocycles. The summed E-state index contributed by atoms with van der Waals surface area (Å²) in [5.41, 5.74) is 1.28. The number of likely N-dealkylation sites (N-methyl/N-ethyl adjacent to an activating group) is 1. The van der Waals surface area contributed by atoms with Gasteiger partial charge in [0.2, 0.25) is 0 Å². The first-order valence-electron chi connectivity index (χ1n) is 6.84. The van der Waals surface area contributed by atoms with E-state index in [9.17, 15) is 15.3 Å². The molecular formula is C16H17ClN2O3S. The molecule has 0 heterocycles. The summed E-state index contributed by atoms with van der Waals surface area (Å²) in [7, 11) is 1.74. The van der Waals surface area contributed by atoms with Gasteiger partial charge in [0.25, 0.3) is 0 Å². The zero-order chi connectivity index (χ0) is 17.0. The van der Waals surface area contributed by atoms with Crippen LogP contribution in [0.2, 0.25) is 5.02 Å². The predicted octanol–water partition coefficient (Wildman–Crippen LogP) is 3.11. The van der Waals surface area contributed by atoms with Crippen LogP contribution in [0.15, 0.2) is 42.5 Å². The van der Waals surface area contributed by atoms with Crippen LogP contribution in [-0.4, -0.2) is 38.9 Å². The van der Waals surface area contributed by atoms with Crippen LogP contribution in [0.4, 0.5) is 5.69 Å². The maximum atomic E-state index is 10.2. The van der Waals surface area contributed by atoms with Crippen molar-refractivity contribution >= 4 is 34.6 Å². The topological polar surface area (TPSA) is 76.0 Å². The van der Waals surface area contributed by atoms with Crippen molar-refractivity contribution < 1.29 is 15.3 Å². The van der Waals surface area contributed by atoms with Gasteiger partial charge in [-0.15, -0.1) is 0 Å². The summed E-state index contributed by atoms with van der Waals surface area (Å²) >= 11 is 11.1. The van der Waals surface area contributed by atoms with Gasteiger partial charge in [0.1, 0.15) is 0 Å². The average Bonchev–Trinajstić information content (AvgIpc) is 2.52. The maximum Gasteiger partial charge on any atom is 0.173 e. The van der Waals surface area contributed by atoms with Crippen LogP contribution in [0.1, 0.15) is 11.7 Å². The van der Waals surface area contributed by atoms with Crippen LogP contribution >= 0.6 is 23.8 Å². The van der Waals surface area contributed by atoms with Gasteiger partial charge in [0.05, 0.1) is 6.10 Å². The molecule has 0 aliphatic rings. The molecule has 2 rings (SSSR count). The van der Waals surface area contributed by atoms with Crippen molar-refractivity contribution in [3.05, 3.63) is 53.1 Å².